The Kier molecular flexibility index (Phi) is 5.62. The maximum absolute atomic E-state index is 12.6. The average Bonchev–Trinajstić information content (AvgIpc) is 3.15. The van der Waals surface area contributed by atoms with Crippen molar-refractivity contribution in [1.82, 2.24) is 14.8 Å². The number of anilines is 1. The number of carbonyl (C=O) groups excluding carboxylic acids is 1. The predicted molar refractivity (Wildman–Crippen MR) is 119 cm³/mol. The maximum Gasteiger partial charge on any atom is 0.234 e. The Morgan fingerprint density at radius 3 is 2.59 bits per heavy atom. The lowest BCUT2D eigenvalue weighted by Gasteiger charge is -2.10. The van der Waals surface area contributed by atoms with Gasteiger partial charge in [0.25, 0.3) is 0 Å². The smallest absolute Gasteiger partial charge is 0.234 e. The Hall–Kier alpha value is -3.12. The molecule has 0 bridgehead atoms. The Morgan fingerprint density at radius 1 is 1.00 bits per heavy atom. The highest BCUT2D eigenvalue weighted by atomic mass is 32.2. The Bertz CT molecular complexity index is 1160. The standard InChI is InChI=1S/C23H22N4OS/c1-3-27-22(18-12-6-4-9-16(18)2)25-26-23(27)29-15-21(28)24-20-14-8-11-17-10-5-7-13-19(17)20/h4-14H,3,15H2,1-2H3,(H,24,28). The largest absolute Gasteiger partial charge is 0.325 e. The van der Waals surface area contributed by atoms with Crippen LogP contribution in [-0.2, 0) is 11.3 Å². The van der Waals surface area contributed by atoms with Crippen LogP contribution in [0.4, 0.5) is 5.69 Å². The number of nitrogens with zero attached hydrogens (tertiary/aromatic N) is 3. The van der Waals surface area contributed by atoms with E-state index in [4.69, 9.17) is 0 Å². The molecule has 5 nitrogen and oxygen atoms in total. The van der Waals surface area contributed by atoms with Gasteiger partial charge in [0.2, 0.25) is 5.91 Å². The van der Waals surface area contributed by atoms with Crippen molar-refractivity contribution < 1.29 is 4.79 Å². The van der Waals surface area contributed by atoms with E-state index in [1.54, 1.807) is 0 Å². The number of thioether (sulfide) groups is 1. The summed E-state index contributed by atoms with van der Waals surface area (Å²) in [6.07, 6.45) is 0. The molecule has 6 heteroatoms. The number of aromatic nitrogens is 3. The molecule has 1 aromatic heterocycles. The zero-order chi connectivity index (χ0) is 20.2. The number of aryl methyl sites for hydroxylation is 1. The van der Waals surface area contributed by atoms with Gasteiger partial charge in [0, 0.05) is 23.2 Å². The molecule has 0 aliphatic heterocycles. The lowest BCUT2D eigenvalue weighted by atomic mass is 10.1. The summed E-state index contributed by atoms with van der Waals surface area (Å²) in [6.45, 7) is 4.86. The van der Waals surface area contributed by atoms with Crippen molar-refractivity contribution in [2.75, 3.05) is 11.1 Å². The highest BCUT2D eigenvalue weighted by Gasteiger charge is 2.16. The van der Waals surface area contributed by atoms with Crippen LogP contribution in [0.3, 0.4) is 0 Å². The third-order valence-electron chi connectivity index (χ3n) is 4.82. The molecule has 0 spiro atoms. The number of fused-ring (bicyclic) bond motifs is 1. The van der Waals surface area contributed by atoms with Crippen LogP contribution in [-0.4, -0.2) is 26.4 Å². The van der Waals surface area contributed by atoms with Crippen molar-refractivity contribution in [2.24, 2.45) is 0 Å². The summed E-state index contributed by atoms with van der Waals surface area (Å²) < 4.78 is 2.05. The number of benzene rings is 3. The van der Waals surface area contributed by atoms with Gasteiger partial charge in [-0.05, 0) is 30.9 Å². The van der Waals surface area contributed by atoms with E-state index in [1.165, 1.54) is 11.8 Å². The summed E-state index contributed by atoms with van der Waals surface area (Å²) >= 11 is 1.40. The molecule has 0 aliphatic rings. The molecule has 1 N–H and O–H groups in total. The minimum atomic E-state index is -0.0607. The van der Waals surface area contributed by atoms with E-state index in [-0.39, 0.29) is 11.7 Å². The lowest BCUT2D eigenvalue weighted by Crippen LogP contribution is -2.15. The first-order valence-electron chi connectivity index (χ1n) is 9.57. The Morgan fingerprint density at radius 2 is 1.76 bits per heavy atom. The lowest BCUT2D eigenvalue weighted by molar-refractivity contribution is -0.113. The van der Waals surface area contributed by atoms with Crippen molar-refractivity contribution in [2.45, 2.75) is 25.5 Å². The molecule has 0 unspecified atom stereocenters. The third-order valence-corrected chi connectivity index (χ3v) is 5.78. The van der Waals surface area contributed by atoms with Gasteiger partial charge in [-0.15, -0.1) is 10.2 Å². The van der Waals surface area contributed by atoms with Crippen LogP contribution in [0.2, 0.25) is 0 Å². The zero-order valence-electron chi connectivity index (χ0n) is 16.4. The number of carbonyl (C=O) groups is 1. The number of hydrogen-bond acceptors (Lipinski definition) is 4. The summed E-state index contributed by atoms with van der Waals surface area (Å²) in [5.74, 6) is 1.05. The molecule has 4 aromatic rings. The van der Waals surface area contributed by atoms with E-state index in [1.807, 2.05) is 60.7 Å². The molecule has 0 fully saturated rings. The van der Waals surface area contributed by atoms with E-state index < -0.39 is 0 Å². The summed E-state index contributed by atoms with van der Waals surface area (Å²) in [5.41, 5.74) is 3.04. The summed E-state index contributed by atoms with van der Waals surface area (Å²) in [6, 6.07) is 22.1. The fourth-order valence-electron chi connectivity index (χ4n) is 3.35. The van der Waals surface area contributed by atoms with Crippen LogP contribution in [0.15, 0.2) is 71.9 Å². The van der Waals surface area contributed by atoms with Crippen molar-refractivity contribution in [3.63, 3.8) is 0 Å². The molecule has 1 amide bonds. The number of rotatable bonds is 6. The molecule has 4 rings (SSSR count). The van der Waals surface area contributed by atoms with Crippen LogP contribution in [0.1, 0.15) is 12.5 Å². The van der Waals surface area contributed by atoms with E-state index in [2.05, 4.69) is 40.0 Å². The van der Waals surface area contributed by atoms with Gasteiger partial charge in [-0.2, -0.15) is 0 Å². The van der Waals surface area contributed by atoms with Crippen molar-refractivity contribution >= 4 is 34.1 Å². The fourth-order valence-corrected chi connectivity index (χ4v) is 4.16. The van der Waals surface area contributed by atoms with E-state index in [9.17, 15) is 4.79 Å². The second kappa shape index (κ2) is 8.49. The minimum absolute atomic E-state index is 0.0607. The normalized spacial score (nSPS) is 11.0. The second-order valence-corrected chi connectivity index (χ2v) is 7.67. The molecule has 0 saturated heterocycles. The molecule has 29 heavy (non-hydrogen) atoms. The summed E-state index contributed by atoms with van der Waals surface area (Å²) in [7, 11) is 0. The van der Waals surface area contributed by atoms with Gasteiger partial charge in [-0.3, -0.25) is 4.79 Å². The summed E-state index contributed by atoms with van der Waals surface area (Å²) in [4.78, 5) is 12.6. The van der Waals surface area contributed by atoms with Gasteiger partial charge in [0.1, 0.15) is 0 Å². The van der Waals surface area contributed by atoms with Crippen molar-refractivity contribution in [3.05, 3.63) is 72.3 Å². The SMILES string of the molecule is CCn1c(SCC(=O)Nc2cccc3ccccc23)nnc1-c1ccccc1C. The molecule has 0 radical (unpaired) electrons. The molecular formula is C23H22N4OS. The number of nitrogens with one attached hydrogen (secondary N) is 1. The van der Waals surface area contributed by atoms with Crippen LogP contribution in [0.25, 0.3) is 22.2 Å². The van der Waals surface area contributed by atoms with Gasteiger partial charge < -0.3 is 9.88 Å². The monoisotopic (exact) mass is 402 g/mol. The molecule has 0 atom stereocenters. The number of hydrogen-bond donors (Lipinski definition) is 1. The summed E-state index contributed by atoms with van der Waals surface area (Å²) in [5, 5.41) is 14.6. The van der Waals surface area contributed by atoms with Crippen LogP contribution in [0.5, 0.6) is 0 Å². The predicted octanol–water partition coefficient (Wildman–Crippen LogP) is 5.16. The highest BCUT2D eigenvalue weighted by Crippen LogP contribution is 2.27. The zero-order valence-corrected chi connectivity index (χ0v) is 17.2. The first-order valence-corrected chi connectivity index (χ1v) is 10.6. The quantitative estimate of drug-likeness (QED) is 0.453. The highest BCUT2D eigenvalue weighted by molar-refractivity contribution is 7.99. The van der Waals surface area contributed by atoms with Crippen LogP contribution in [0, 0.1) is 6.92 Å². The molecule has 0 aliphatic carbocycles. The topological polar surface area (TPSA) is 59.8 Å². The van der Waals surface area contributed by atoms with Crippen molar-refractivity contribution in [1.29, 1.82) is 0 Å². The van der Waals surface area contributed by atoms with Crippen LogP contribution < -0.4 is 5.32 Å². The fraction of sp³-hybridized carbons (Fsp3) is 0.174. The Labute approximate surface area is 174 Å². The van der Waals surface area contributed by atoms with Gasteiger partial charge in [-0.1, -0.05) is 72.4 Å². The van der Waals surface area contributed by atoms with Crippen molar-refractivity contribution in [3.8, 4) is 11.4 Å². The van der Waals surface area contributed by atoms with Gasteiger partial charge in [-0.25, -0.2) is 0 Å². The molecule has 3 aromatic carbocycles. The third kappa shape index (κ3) is 4.03. The van der Waals surface area contributed by atoms with Crippen LogP contribution >= 0.6 is 11.8 Å². The van der Waals surface area contributed by atoms with Gasteiger partial charge >= 0.3 is 0 Å². The van der Waals surface area contributed by atoms with Gasteiger partial charge in [0.05, 0.1) is 5.75 Å². The first-order chi connectivity index (χ1) is 14.2. The van der Waals surface area contributed by atoms with E-state index in [0.717, 1.165) is 45.1 Å². The second-order valence-electron chi connectivity index (χ2n) is 6.73. The van der Waals surface area contributed by atoms with Gasteiger partial charge in [0.15, 0.2) is 11.0 Å². The minimum Gasteiger partial charge on any atom is -0.325 e. The molecular weight excluding hydrogens is 380 g/mol. The molecule has 0 saturated carbocycles. The maximum atomic E-state index is 12.6. The number of amides is 1. The average molecular weight is 403 g/mol. The molecule has 1 heterocycles. The molecule has 146 valence electrons. The first kappa shape index (κ1) is 19.2. The van der Waals surface area contributed by atoms with E-state index in [0.29, 0.717) is 0 Å². The Balaban J connectivity index is 1.49. The van der Waals surface area contributed by atoms with E-state index >= 15 is 0 Å².